The minimum atomic E-state index is -2.97. The summed E-state index contributed by atoms with van der Waals surface area (Å²) < 4.78 is 29.1. The van der Waals surface area contributed by atoms with Gasteiger partial charge in [0.25, 0.3) is 11.8 Å². The van der Waals surface area contributed by atoms with Crippen molar-refractivity contribution in [2.24, 2.45) is 0 Å². The van der Waals surface area contributed by atoms with Crippen LogP contribution in [-0.2, 0) is 11.1 Å². The maximum absolute atomic E-state index is 12.7. The first-order valence-electron chi connectivity index (χ1n) is 10.7. The molecule has 0 saturated heterocycles. The lowest BCUT2D eigenvalue weighted by molar-refractivity contribution is -0.0500. The second-order valence-corrected chi connectivity index (χ2v) is 9.87. The van der Waals surface area contributed by atoms with Crippen molar-refractivity contribution in [2.45, 2.75) is 45.4 Å². The zero-order valence-corrected chi connectivity index (χ0v) is 21.2. The fourth-order valence-corrected chi connectivity index (χ4v) is 4.49. The number of nitrogens with one attached hydrogen (secondary N) is 1. The summed E-state index contributed by atoms with van der Waals surface area (Å²) in [6.07, 6.45) is 2.57. The number of carbonyl (C=O) groups is 2. The Morgan fingerprint density at radius 3 is 2.19 bits per heavy atom. The molecule has 0 bridgehead atoms. The molecule has 2 aliphatic rings. The molecule has 0 saturated carbocycles. The van der Waals surface area contributed by atoms with Gasteiger partial charge < -0.3 is 10.1 Å². The van der Waals surface area contributed by atoms with Gasteiger partial charge in [-0.3, -0.25) is 19.5 Å². The Labute approximate surface area is 215 Å². The maximum atomic E-state index is 12.7. The van der Waals surface area contributed by atoms with Crippen molar-refractivity contribution in [1.82, 2.24) is 20.3 Å². The van der Waals surface area contributed by atoms with E-state index in [4.69, 9.17) is 23.2 Å². The Hall–Kier alpha value is -3.37. The Morgan fingerprint density at radius 2 is 1.56 bits per heavy atom. The van der Waals surface area contributed by atoms with E-state index >= 15 is 0 Å². The number of hydrogen-bond donors (Lipinski definition) is 1. The largest absolute Gasteiger partial charge is 0.433 e. The molecule has 3 aromatic heterocycles. The van der Waals surface area contributed by atoms with Crippen LogP contribution in [0.25, 0.3) is 0 Å². The molecule has 12 heteroatoms. The van der Waals surface area contributed by atoms with E-state index in [1.54, 1.807) is 32.0 Å². The average molecular weight is 536 g/mol. The number of carbonyl (C=O) groups excluding carboxylic acids is 2. The van der Waals surface area contributed by atoms with Crippen molar-refractivity contribution >= 4 is 40.7 Å². The summed E-state index contributed by atoms with van der Waals surface area (Å²) in [7, 11) is 0. The van der Waals surface area contributed by atoms with E-state index in [-0.39, 0.29) is 22.7 Å². The molecule has 5 rings (SSSR count). The van der Waals surface area contributed by atoms with E-state index in [9.17, 15) is 18.4 Å². The number of amides is 2. The maximum Gasteiger partial charge on any atom is 0.387 e. The van der Waals surface area contributed by atoms with Gasteiger partial charge in [0.1, 0.15) is 16.1 Å². The second-order valence-electron chi connectivity index (χ2n) is 9.10. The summed E-state index contributed by atoms with van der Waals surface area (Å²) in [4.78, 5) is 37.8. The van der Waals surface area contributed by atoms with Gasteiger partial charge >= 0.3 is 6.61 Å². The van der Waals surface area contributed by atoms with E-state index in [0.29, 0.717) is 27.7 Å². The first kappa shape index (κ1) is 25.7. The lowest BCUT2D eigenvalue weighted by atomic mass is 9.99. The van der Waals surface area contributed by atoms with Gasteiger partial charge in [0.05, 0.1) is 51.7 Å². The molecule has 0 aliphatic carbocycles. The standard InChI is InChI=1S/C15H12ClF2N3O2.C9H9ClN2O/c1-15(2)12-10(3-4-11(16)20-12)13(22)21(15)8-5-9(7-19-6-8)23-14(17)18;1-9(2)7-5(8(13)12-9)3-4-6(10)11-7/h3-7,14H,1-2H3;3-4H,1-2H3,(H,12,13). The number of alkyl halides is 2. The highest BCUT2D eigenvalue weighted by Gasteiger charge is 2.45. The molecular weight excluding hydrogens is 515 g/mol. The van der Waals surface area contributed by atoms with E-state index in [1.807, 2.05) is 13.8 Å². The Bertz CT molecular complexity index is 1370. The lowest BCUT2D eigenvalue weighted by Crippen LogP contribution is -2.39. The van der Waals surface area contributed by atoms with E-state index in [1.165, 1.54) is 23.2 Å². The summed E-state index contributed by atoms with van der Waals surface area (Å²) in [5.74, 6) is -0.502. The third-order valence-corrected chi connectivity index (χ3v) is 6.16. The first-order chi connectivity index (χ1) is 16.8. The summed E-state index contributed by atoms with van der Waals surface area (Å²) >= 11 is 11.7. The molecule has 1 N–H and O–H groups in total. The number of aromatic nitrogens is 3. The topological polar surface area (TPSA) is 97.3 Å². The molecule has 0 unspecified atom stereocenters. The zero-order chi connectivity index (χ0) is 26.4. The number of halogens is 4. The van der Waals surface area contributed by atoms with Gasteiger partial charge in [-0.2, -0.15) is 8.78 Å². The Morgan fingerprint density at radius 1 is 0.944 bits per heavy atom. The molecule has 2 amide bonds. The van der Waals surface area contributed by atoms with E-state index in [2.05, 4.69) is 25.0 Å². The monoisotopic (exact) mass is 535 g/mol. The first-order valence-corrected chi connectivity index (χ1v) is 11.5. The SMILES string of the molecule is CC1(C)NC(=O)c2ccc(Cl)nc21.CC1(C)c2nc(Cl)ccc2C(=O)N1c1cncc(OC(F)F)c1. The molecule has 0 spiro atoms. The van der Waals surface area contributed by atoms with E-state index < -0.39 is 17.7 Å². The molecule has 0 fully saturated rings. The van der Waals surface area contributed by atoms with Crippen LogP contribution in [0.2, 0.25) is 10.3 Å². The number of fused-ring (bicyclic) bond motifs is 2. The fourth-order valence-electron chi connectivity index (χ4n) is 4.20. The zero-order valence-electron chi connectivity index (χ0n) is 19.6. The normalized spacial score (nSPS) is 16.8. The molecule has 0 atom stereocenters. The molecule has 8 nitrogen and oxygen atoms in total. The molecule has 3 aromatic rings. The van der Waals surface area contributed by atoms with Crippen molar-refractivity contribution in [3.8, 4) is 5.75 Å². The third kappa shape index (κ3) is 4.70. The van der Waals surface area contributed by atoms with E-state index in [0.717, 1.165) is 11.9 Å². The predicted octanol–water partition coefficient (Wildman–Crippen LogP) is 5.34. The molecule has 5 heterocycles. The summed E-state index contributed by atoms with van der Waals surface area (Å²) in [6, 6.07) is 7.80. The molecule has 0 aromatic carbocycles. The minimum absolute atomic E-state index is 0.0795. The number of nitrogens with zero attached hydrogens (tertiary/aromatic N) is 4. The van der Waals surface area contributed by atoms with Crippen molar-refractivity contribution in [2.75, 3.05) is 4.90 Å². The molecule has 188 valence electrons. The van der Waals surface area contributed by atoms with Gasteiger partial charge in [-0.25, -0.2) is 9.97 Å². The Kier molecular flexibility index (Phi) is 6.61. The number of ether oxygens (including phenoxy) is 1. The summed E-state index contributed by atoms with van der Waals surface area (Å²) in [6.45, 7) is 4.42. The van der Waals surface area contributed by atoms with Crippen LogP contribution in [0.3, 0.4) is 0 Å². The molecule has 36 heavy (non-hydrogen) atoms. The molecule has 2 aliphatic heterocycles. The van der Waals surface area contributed by atoms with Crippen LogP contribution in [0, 0.1) is 0 Å². The smallest absolute Gasteiger partial charge is 0.387 e. The predicted molar refractivity (Wildman–Crippen MR) is 130 cm³/mol. The summed E-state index contributed by atoms with van der Waals surface area (Å²) in [5.41, 5.74) is 1.42. The third-order valence-electron chi connectivity index (χ3n) is 5.74. The van der Waals surface area contributed by atoms with Crippen LogP contribution < -0.4 is 15.0 Å². The average Bonchev–Trinajstić information content (AvgIpc) is 3.12. The van der Waals surface area contributed by atoms with Crippen molar-refractivity contribution in [3.63, 3.8) is 0 Å². The van der Waals surface area contributed by atoms with Crippen LogP contribution in [0.15, 0.2) is 42.7 Å². The van der Waals surface area contributed by atoms with Gasteiger partial charge in [0, 0.05) is 6.07 Å². The van der Waals surface area contributed by atoms with Crippen molar-refractivity contribution < 1.29 is 23.1 Å². The van der Waals surface area contributed by atoms with Gasteiger partial charge in [-0.05, 0) is 52.0 Å². The van der Waals surface area contributed by atoms with Crippen LogP contribution in [-0.4, -0.2) is 33.4 Å². The van der Waals surface area contributed by atoms with Crippen molar-refractivity contribution in [1.29, 1.82) is 0 Å². The van der Waals surface area contributed by atoms with Gasteiger partial charge in [-0.15, -0.1) is 0 Å². The van der Waals surface area contributed by atoms with Gasteiger partial charge in [-0.1, -0.05) is 23.2 Å². The Balaban J connectivity index is 0.000000197. The van der Waals surface area contributed by atoms with Crippen molar-refractivity contribution in [3.05, 3.63) is 75.5 Å². The van der Waals surface area contributed by atoms with Crippen LogP contribution in [0.5, 0.6) is 5.75 Å². The highest BCUT2D eigenvalue weighted by Crippen LogP contribution is 2.41. The molecule has 0 radical (unpaired) electrons. The number of hydrogen-bond acceptors (Lipinski definition) is 6. The second kappa shape index (κ2) is 9.25. The van der Waals surface area contributed by atoms with Crippen LogP contribution in [0.4, 0.5) is 14.5 Å². The molecular formula is C24H21Cl2F2N5O3. The van der Waals surface area contributed by atoms with Crippen LogP contribution >= 0.6 is 23.2 Å². The van der Waals surface area contributed by atoms with Crippen LogP contribution in [0.1, 0.15) is 59.8 Å². The fraction of sp³-hybridized carbons (Fsp3) is 0.292. The summed E-state index contributed by atoms with van der Waals surface area (Å²) in [5, 5.41) is 3.52. The highest BCUT2D eigenvalue weighted by molar-refractivity contribution is 6.30. The number of rotatable bonds is 3. The number of pyridine rings is 3. The quantitative estimate of drug-likeness (QED) is 0.454. The minimum Gasteiger partial charge on any atom is -0.433 e. The van der Waals surface area contributed by atoms with Gasteiger partial charge in [0.2, 0.25) is 0 Å². The van der Waals surface area contributed by atoms with Gasteiger partial charge in [0.15, 0.2) is 0 Å². The number of anilines is 1. The lowest BCUT2D eigenvalue weighted by Gasteiger charge is -2.31. The highest BCUT2D eigenvalue weighted by atomic mass is 35.5.